The highest BCUT2D eigenvalue weighted by molar-refractivity contribution is 5.80. The molecule has 0 spiro atoms. The normalized spacial score (nSPS) is 15.7. The highest BCUT2D eigenvalue weighted by atomic mass is 16.7. The van der Waals surface area contributed by atoms with Gasteiger partial charge in [-0.3, -0.25) is 0 Å². The molecule has 164 valence electrons. The average molecular weight is 425 g/mol. The van der Waals surface area contributed by atoms with E-state index in [1.807, 2.05) is 81.2 Å². The van der Waals surface area contributed by atoms with E-state index in [-0.39, 0.29) is 6.73 Å². The second-order valence-corrected chi connectivity index (χ2v) is 7.40. The second kappa shape index (κ2) is 8.95. The molecular weight excluding hydrogens is 396 g/mol. The monoisotopic (exact) mass is 424 g/mol. The SMILES string of the molecule is CCOC(C)(c1ccccc1OCCN(C)c1nc2ccccc2o1)N1OCN=C1C. The molecule has 1 unspecified atom stereocenters. The van der Waals surface area contributed by atoms with Crippen LogP contribution >= 0.6 is 0 Å². The summed E-state index contributed by atoms with van der Waals surface area (Å²) in [5.41, 5.74) is 1.62. The van der Waals surface area contributed by atoms with Crippen LogP contribution in [0.2, 0.25) is 0 Å². The lowest BCUT2D eigenvalue weighted by atomic mass is 10.0. The van der Waals surface area contributed by atoms with Crippen molar-refractivity contribution in [1.82, 2.24) is 10.0 Å². The fourth-order valence-corrected chi connectivity index (χ4v) is 3.68. The lowest BCUT2D eigenvalue weighted by molar-refractivity contribution is -0.255. The number of rotatable bonds is 9. The molecule has 0 saturated heterocycles. The standard InChI is InChI=1S/C23H28N4O4/c1-5-29-23(3,27-17(2)24-16-30-27)18-10-6-8-12-20(18)28-15-14-26(4)22-25-19-11-7-9-13-21(19)31-22/h6-13H,5,14-16H2,1-4H3. The lowest BCUT2D eigenvalue weighted by Gasteiger charge is -2.38. The van der Waals surface area contributed by atoms with Gasteiger partial charge in [-0.25, -0.2) is 14.9 Å². The minimum Gasteiger partial charge on any atom is -0.491 e. The van der Waals surface area contributed by atoms with E-state index in [2.05, 4.69) is 9.98 Å². The number of aliphatic imine (C=N–C) groups is 1. The molecule has 3 aromatic rings. The highest BCUT2D eigenvalue weighted by Crippen LogP contribution is 2.37. The van der Waals surface area contributed by atoms with Crippen molar-refractivity contribution in [2.45, 2.75) is 26.5 Å². The zero-order chi connectivity index (χ0) is 21.8. The molecule has 1 atom stereocenters. The summed E-state index contributed by atoms with van der Waals surface area (Å²) in [6, 6.07) is 16.1. The van der Waals surface area contributed by atoms with Crippen molar-refractivity contribution in [1.29, 1.82) is 0 Å². The Morgan fingerprint density at radius 3 is 2.68 bits per heavy atom. The number of hydrogen-bond donors (Lipinski definition) is 0. The number of nitrogens with zero attached hydrogens (tertiary/aromatic N) is 4. The quantitative estimate of drug-likeness (QED) is 0.510. The summed E-state index contributed by atoms with van der Waals surface area (Å²) in [5, 5.41) is 1.71. The zero-order valence-electron chi connectivity index (χ0n) is 18.4. The summed E-state index contributed by atoms with van der Waals surface area (Å²) in [6.45, 7) is 7.68. The molecule has 0 radical (unpaired) electrons. The molecule has 1 aliphatic rings. The number of benzene rings is 2. The maximum Gasteiger partial charge on any atom is 0.298 e. The third-order valence-corrected chi connectivity index (χ3v) is 5.27. The van der Waals surface area contributed by atoms with E-state index in [0.717, 1.165) is 28.2 Å². The van der Waals surface area contributed by atoms with Gasteiger partial charge >= 0.3 is 0 Å². The number of hydroxylamine groups is 2. The number of fused-ring (bicyclic) bond motifs is 1. The van der Waals surface area contributed by atoms with Gasteiger partial charge in [0.1, 0.15) is 23.7 Å². The van der Waals surface area contributed by atoms with E-state index < -0.39 is 5.72 Å². The third kappa shape index (κ3) is 4.22. The fraction of sp³-hybridized carbons (Fsp3) is 0.391. The summed E-state index contributed by atoms with van der Waals surface area (Å²) < 4.78 is 18.1. The number of oxazole rings is 1. The summed E-state index contributed by atoms with van der Waals surface area (Å²) in [4.78, 5) is 16.5. The first-order valence-electron chi connectivity index (χ1n) is 10.4. The number of likely N-dealkylation sites (N-methyl/N-ethyl adjacent to an activating group) is 1. The first-order valence-corrected chi connectivity index (χ1v) is 10.4. The van der Waals surface area contributed by atoms with Gasteiger partial charge < -0.3 is 18.8 Å². The fourth-order valence-electron chi connectivity index (χ4n) is 3.68. The van der Waals surface area contributed by atoms with Crippen LogP contribution in [0, 0.1) is 0 Å². The van der Waals surface area contributed by atoms with Gasteiger partial charge in [-0.15, -0.1) is 0 Å². The second-order valence-electron chi connectivity index (χ2n) is 7.40. The molecule has 2 heterocycles. The molecule has 2 aromatic carbocycles. The van der Waals surface area contributed by atoms with E-state index in [9.17, 15) is 0 Å². The molecular formula is C23H28N4O4. The molecule has 0 N–H and O–H groups in total. The maximum absolute atomic E-state index is 6.18. The van der Waals surface area contributed by atoms with Crippen LogP contribution in [0.15, 0.2) is 57.9 Å². The molecule has 1 aromatic heterocycles. The van der Waals surface area contributed by atoms with Gasteiger partial charge in [0.25, 0.3) is 6.01 Å². The molecule has 0 amide bonds. The topological polar surface area (TPSA) is 72.6 Å². The van der Waals surface area contributed by atoms with Crippen LogP contribution in [-0.2, 0) is 15.3 Å². The van der Waals surface area contributed by atoms with Gasteiger partial charge in [-0.05, 0) is 39.0 Å². The van der Waals surface area contributed by atoms with E-state index in [0.29, 0.717) is 25.8 Å². The molecule has 1 aliphatic heterocycles. The molecule has 8 heteroatoms. The van der Waals surface area contributed by atoms with Crippen LogP contribution in [0.1, 0.15) is 26.3 Å². The van der Waals surface area contributed by atoms with Gasteiger partial charge in [0.05, 0.1) is 6.54 Å². The number of aromatic nitrogens is 1. The first kappa shape index (κ1) is 21.1. The van der Waals surface area contributed by atoms with Crippen molar-refractivity contribution in [2.24, 2.45) is 4.99 Å². The lowest BCUT2D eigenvalue weighted by Crippen LogP contribution is -2.46. The smallest absolute Gasteiger partial charge is 0.298 e. The van der Waals surface area contributed by atoms with Gasteiger partial charge in [0.2, 0.25) is 0 Å². The Bertz CT molecular complexity index is 1030. The Morgan fingerprint density at radius 2 is 1.94 bits per heavy atom. The van der Waals surface area contributed by atoms with E-state index in [4.69, 9.17) is 18.7 Å². The molecule has 4 rings (SSSR count). The predicted molar refractivity (Wildman–Crippen MR) is 119 cm³/mol. The zero-order valence-corrected chi connectivity index (χ0v) is 18.4. The third-order valence-electron chi connectivity index (χ3n) is 5.27. The van der Waals surface area contributed by atoms with E-state index in [1.165, 1.54) is 0 Å². The van der Waals surface area contributed by atoms with E-state index in [1.54, 1.807) is 5.06 Å². The van der Waals surface area contributed by atoms with Gasteiger partial charge in [0.15, 0.2) is 18.0 Å². The predicted octanol–water partition coefficient (Wildman–Crippen LogP) is 4.18. The largest absolute Gasteiger partial charge is 0.491 e. The van der Waals surface area contributed by atoms with Crippen molar-refractivity contribution >= 4 is 22.9 Å². The van der Waals surface area contributed by atoms with Crippen LogP contribution in [0.4, 0.5) is 6.01 Å². The van der Waals surface area contributed by atoms with Crippen molar-refractivity contribution in [3.63, 3.8) is 0 Å². The summed E-state index contributed by atoms with van der Waals surface area (Å²) in [6.07, 6.45) is 0. The molecule has 0 saturated carbocycles. The Labute approximate surface area is 182 Å². The van der Waals surface area contributed by atoms with Gasteiger partial charge in [-0.2, -0.15) is 4.98 Å². The van der Waals surface area contributed by atoms with Crippen LogP contribution in [-0.4, -0.2) is 49.4 Å². The minimum atomic E-state index is -0.860. The summed E-state index contributed by atoms with van der Waals surface area (Å²) in [5.74, 6) is 1.49. The Kier molecular flexibility index (Phi) is 6.11. The van der Waals surface area contributed by atoms with Crippen LogP contribution in [0.25, 0.3) is 11.1 Å². The summed E-state index contributed by atoms with van der Waals surface area (Å²) >= 11 is 0. The Morgan fingerprint density at radius 1 is 1.16 bits per heavy atom. The Hall–Kier alpha value is -3.10. The highest BCUT2D eigenvalue weighted by Gasteiger charge is 2.41. The molecule has 0 bridgehead atoms. The number of ether oxygens (including phenoxy) is 2. The number of hydrogen-bond acceptors (Lipinski definition) is 8. The first-order chi connectivity index (χ1) is 15.0. The van der Waals surface area contributed by atoms with Crippen molar-refractivity contribution in [3.05, 3.63) is 54.1 Å². The molecule has 31 heavy (non-hydrogen) atoms. The maximum atomic E-state index is 6.18. The number of para-hydroxylation sites is 3. The minimum absolute atomic E-state index is 0.285. The van der Waals surface area contributed by atoms with E-state index >= 15 is 0 Å². The van der Waals surface area contributed by atoms with Crippen LogP contribution < -0.4 is 9.64 Å². The molecule has 0 aliphatic carbocycles. The Balaban J connectivity index is 1.48. The number of amidine groups is 1. The van der Waals surface area contributed by atoms with Gasteiger partial charge in [-0.1, -0.05) is 30.3 Å². The van der Waals surface area contributed by atoms with Crippen LogP contribution in [0.3, 0.4) is 0 Å². The van der Waals surface area contributed by atoms with Crippen LogP contribution in [0.5, 0.6) is 5.75 Å². The van der Waals surface area contributed by atoms with Crippen molar-refractivity contribution in [3.8, 4) is 5.75 Å². The van der Waals surface area contributed by atoms with Crippen molar-refractivity contribution < 1.29 is 18.7 Å². The number of anilines is 1. The molecule has 8 nitrogen and oxygen atoms in total. The van der Waals surface area contributed by atoms with Gasteiger partial charge in [0, 0.05) is 19.2 Å². The summed E-state index contributed by atoms with van der Waals surface area (Å²) in [7, 11) is 1.93. The molecule has 0 fully saturated rings. The average Bonchev–Trinajstić information content (AvgIpc) is 3.40. The van der Waals surface area contributed by atoms with Crippen molar-refractivity contribution in [2.75, 3.05) is 38.4 Å².